The predicted molar refractivity (Wildman–Crippen MR) is 92.3 cm³/mol. The summed E-state index contributed by atoms with van der Waals surface area (Å²) in [5.74, 6) is -0.110. The Bertz CT molecular complexity index is 712. The molecule has 0 aliphatic heterocycles. The largest absolute Gasteiger partial charge is 0.493 e. The van der Waals surface area contributed by atoms with Crippen LogP contribution in [0.5, 0.6) is 11.5 Å². The van der Waals surface area contributed by atoms with Gasteiger partial charge in [-0.25, -0.2) is 4.39 Å². The average Bonchev–Trinajstić information content (AvgIpc) is 2.60. The van der Waals surface area contributed by atoms with E-state index in [9.17, 15) is 13.2 Å². The van der Waals surface area contributed by atoms with Crippen molar-refractivity contribution in [2.24, 2.45) is 0 Å². The van der Waals surface area contributed by atoms with Crippen LogP contribution in [0.2, 0.25) is 0 Å². The van der Waals surface area contributed by atoms with Crippen LogP contribution in [0.1, 0.15) is 11.1 Å². The Morgan fingerprint density at radius 1 is 1.00 bits per heavy atom. The third-order valence-electron chi connectivity index (χ3n) is 3.26. The van der Waals surface area contributed by atoms with Crippen molar-refractivity contribution >= 4 is 17.3 Å². The molecule has 0 atom stereocenters. The molecule has 0 aliphatic rings. The van der Waals surface area contributed by atoms with E-state index >= 15 is 0 Å². The summed E-state index contributed by atoms with van der Waals surface area (Å²) in [4.78, 5) is 0. The molecule has 0 saturated heterocycles. The second kappa shape index (κ2) is 9.12. The number of ether oxygens (including phenoxy) is 2. The van der Waals surface area contributed by atoms with Gasteiger partial charge in [-0.2, -0.15) is 8.78 Å². The Labute approximate surface area is 148 Å². The normalized spacial score (nSPS) is 10.4. The molecular weight excluding hydrogens is 353 g/mol. The standard InChI is InChI=1S/C17H17F3N2O2S/c1-23-15-8-12(4-7-14(15)24-16(19)20)10-22-17(25)21-9-11-2-5-13(18)6-3-11/h2-8,16H,9-10H2,1H3,(H2,21,22,25). The van der Waals surface area contributed by atoms with Gasteiger partial charge in [-0.3, -0.25) is 0 Å². The van der Waals surface area contributed by atoms with Crippen LogP contribution in [-0.2, 0) is 13.1 Å². The summed E-state index contributed by atoms with van der Waals surface area (Å²) < 4.78 is 46.9. The number of thiocarbonyl (C=S) groups is 1. The van der Waals surface area contributed by atoms with E-state index in [1.165, 1.54) is 25.3 Å². The van der Waals surface area contributed by atoms with Gasteiger partial charge in [0.1, 0.15) is 5.82 Å². The quantitative estimate of drug-likeness (QED) is 0.729. The van der Waals surface area contributed by atoms with Crippen LogP contribution in [0.15, 0.2) is 42.5 Å². The molecule has 2 rings (SSSR count). The summed E-state index contributed by atoms with van der Waals surface area (Å²) in [6, 6.07) is 10.7. The van der Waals surface area contributed by atoms with E-state index < -0.39 is 6.61 Å². The van der Waals surface area contributed by atoms with Gasteiger partial charge in [-0.15, -0.1) is 0 Å². The van der Waals surface area contributed by atoms with Gasteiger partial charge < -0.3 is 20.1 Å². The van der Waals surface area contributed by atoms with Gasteiger partial charge in [0.2, 0.25) is 0 Å². The summed E-state index contributed by atoms with van der Waals surface area (Å²) in [7, 11) is 1.37. The number of hydrogen-bond donors (Lipinski definition) is 2. The fourth-order valence-corrected chi connectivity index (χ4v) is 2.19. The van der Waals surface area contributed by atoms with Crippen molar-refractivity contribution in [1.29, 1.82) is 0 Å². The molecule has 2 aromatic carbocycles. The molecule has 4 nitrogen and oxygen atoms in total. The number of rotatable bonds is 7. The first-order valence-electron chi connectivity index (χ1n) is 7.36. The molecule has 2 aromatic rings. The molecule has 134 valence electrons. The van der Waals surface area contributed by atoms with Crippen molar-refractivity contribution in [3.63, 3.8) is 0 Å². The molecule has 0 unspecified atom stereocenters. The highest BCUT2D eigenvalue weighted by atomic mass is 32.1. The van der Waals surface area contributed by atoms with Crippen LogP contribution in [-0.4, -0.2) is 18.8 Å². The number of nitrogens with one attached hydrogen (secondary N) is 2. The van der Waals surface area contributed by atoms with E-state index in [0.717, 1.165) is 11.1 Å². The molecule has 25 heavy (non-hydrogen) atoms. The predicted octanol–water partition coefficient (Wildman–Crippen LogP) is 3.60. The third kappa shape index (κ3) is 6.15. The van der Waals surface area contributed by atoms with Crippen molar-refractivity contribution in [2.75, 3.05) is 7.11 Å². The molecule has 0 fully saturated rings. The Kier molecular flexibility index (Phi) is 6.88. The third-order valence-corrected chi connectivity index (χ3v) is 3.55. The second-order valence-electron chi connectivity index (χ2n) is 5.03. The Morgan fingerprint density at radius 2 is 1.60 bits per heavy atom. The topological polar surface area (TPSA) is 42.5 Å². The molecule has 0 heterocycles. The summed E-state index contributed by atoms with van der Waals surface area (Å²) in [6.45, 7) is -2.09. The van der Waals surface area contributed by atoms with Gasteiger partial charge in [-0.05, 0) is 47.6 Å². The summed E-state index contributed by atoms with van der Waals surface area (Å²) in [5, 5.41) is 6.40. The monoisotopic (exact) mass is 370 g/mol. The van der Waals surface area contributed by atoms with Crippen LogP contribution in [0.25, 0.3) is 0 Å². The molecule has 0 radical (unpaired) electrons. The number of benzene rings is 2. The van der Waals surface area contributed by atoms with Crippen molar-refractivity contribution in [3.05, 3.63) is 59.4 Å². The lowest BCUT2D eigenvalue weighted by Gasteiger charge is -2.13. The first kappa shape index (κ1) is 18.9. The zero-order chi connectivity index (χ0) is 18.2. The van der Waals surface area contributed by atoms with Crippen LogP contribution >= 0.6 is 12.2 Å². The zero-order valence-electron chi connectivity index (χ0n) is 13.4. The molecule has 2 N–H and O–H groups in total. The summed E-state index contributed by atoms with van der Waals surface area (Å²) in [6.07, 6.45) is 0. The maximum atomic E-state index is 12.8. The fourth-order valence-electron chi connectivity index (χ4n) is 2.04. The minimum Gasteiger partial charge on any atom is -0.493 e. The number of hydrogen-bond acceptors (Lipinski definition) is 3. The van der Waals surface area contributed by atoms with Crippen molar-refractivity contribution < 1.29 is 22.6 Å². The van der Waals surface area contributed by atoms with E-state index in [1.807, 2.05) is 0 Å². The highest BCUT2D eigenvalue weighted by Crippen LogP contribution is 2.29. The maximum absolute atomic E-state index is 12.8. The van der Waals surface area contributed by atoms with Crippen LogP contribution in [0, 0.1) is 5.82 Å². The second-order valence-corrected chi connectivity index (χ2v) is 5.43. The Morgan fingerprint density at radius 3 is 2.20 bits per heavy atom. The SMILES string of the molecule is COc1cc(CNC(=S)NCc2ccc(F)cc2)ccc1OC(F)F. The minimum atomic E-state index is -2.92. The smallest absolute Gasteiger partial charge is 0.387 e. The number of methoxy groups -OCH3 is 1. The van der Waals surface area contributed by atoms with Gasteiger partial charge >= 0.3 is 6.61 Å². The first-order valence-corrected chi connectivity index (χ1v) is 7.76. The van der Waals surface area contributed by atoms with Crippen molar-refractivity contribution in [2.45, 2.75) is 19.7 Å². The van der Waals surface area contributed by atoms with Crippen molar-refractivity contribution in [1.82, 2.24) is 10.6 Å². The van der Waals surface area contributed by atoms with E-state index in [0.29, 0.717) is 18.2 Å². The van der Waals surface area contributed by atoms with Gasteiger partial charge in [0.05, 0.1) is 7.11 Å². The Hall–Kier alpha value is -2.48. The molecule has 0 spiro atoms. The molecule has 0 aliphatic carbocycles. The minimum absolute atomic E-state index is 0.0294. The van der Waals surface area contributed by atoms with Crippen LogP contribution in [0.3, 0.4) is 0 Å². The highest BCUT2D eigenvalue weighted by Gasteiger charge is 2.11. The van der Waals surface area contributed by atoms with Gasteiger partial charge in [0, 0.05) is 13.1 Å². The van der Waals surface area contributed by atoms with Gasteiger partial charge in [0.15, 0.2) is 16.6 Å². The van der Waals surface area contributed by atoms with E-state index in [2.05, 4.69) is 15.4 Å². The highest BCUT2D eigenvalue weighted by molar-refractivity contribution is 7.80. The molecule has 0 amide bonds. The first-order chi connectivity index (χ1) is 12.0. The average molecular weight is 370 g/mol. The summed E-state index contributed by atoms with van der Waals surface area (Å²) >= 11 is 5.17. The number of alkyl halides is 2. The van der Waals surface area contributed by atoms with Gasteiger partial charge in [-0.1, -0.05) is 18.2 Å². The molecule has 0 bridgehead atoms. The molecular formula is C17H17F3N2O2S. The maximum Gasteiger partial charge on any atom is 0.387 e. The lowest BCUT2D eigenvalue weighted by molar-refractivity contribution is -0.0512. The fraction of sp³-hybridized carbons (Fsp3) is 0.235. The number of halogens is 3. The van der Waals surface area contributed by atoms with E-state index in [-0.39, 0.29) is 17.3 Å². The Balaban J connectivity index is 1.85. The lowest BCUT2D eigenvalue weighted by atomic mass is 10.2. The summed E-state index contributed by atoms with van der Waals surface area (Å²) in [5.41, 5.74) is 1.67. The van der Waals surface area contributed by atoms with Crippen LogP contribution < -0.4 is 20.1 Å². The van der Waals surface area contributed by atoms with E-state index in [4.69, 9.17) is 17.0 Å². The zero-order valence-corrected chi connectivity index (χ0v) is 14.2. The van der Waals surface area contributed by atoms with Crippen molar-refractivity contribution in [3.8, 4) is 11.5 Å². The molecule has 0 saturated carbocycles. The lowest BCUT2D eigenvalue weighted by Crippen LogP contribution is -2.34. The molecule has 8 heteroatoms. The van der Waals surface area contributed by atoms with Gasteiger partial charge in [0.25, 0.3) is 0 Å². The molecule has 0 aromatic heterocycles. The van der Waals surface area contributed by atoms with E-state index in [1.54, 1.807) is 24.3 Å². The van der Waals surface area contributed by atoms with Crippen LogP contribution in [0.4, 0.5) is 13.2 Å².